The molecular formula is C11H15BrN2O. The predicted molar refractivity (Wildman–Crippen MR) is 64.0 cm³/mol. The maximum Gasteiger partial charge on any atom is 0.250 e. The van der Waals surface area contributed by atoms with E-state index in [4.69, 9.17) is 0 Å². The van der Waals surface area contributed by atoms with Crippen molar-refractivity contribution in [2.24, 2.45) is 0 Å². The first kappa shape index (κ1) is 10.9. The lowest BCUT2D eigenvalue weighted by atomic mass is 10.4. The van der Waals surface area contributed by atoms with Gasteiger partial charge in [0.2, 0.25) is 0 Å². The number of pyridine rings is 1. The van der Waals surface area contributed by atoms with Crippen LogP contribution in [0.25, 0.3) is 0 Å². The molecule has 82 valence electrons. The van der Waals surface area contributed by atoms with Crippen molar-refractivity contribution in [2.45, 2.75) is 31.8 Å². The van der Waals surface area contributed by atoms with E-state index < -0.39 is 0 Å². The maximum absolute atomic E-state index is 11.4. The summed E-state index contributed by atoms with van der Waals surface area (Å²) in [6, 6.07) is 4.13. The van der Waals surface area contributed by atoms with Gasteiger partial charge < -0.3 is 9.88 Å². The van der Waals surface area contributed by atoms with Gasteiger partial charge in [0.05, 0.1) is 0 Å². The second-order valence-electron chi connectivity index (χ2n) is 3.96. The topological polar surface area (TPSA) is 34.0 Å². The molecule has 0 unspecified atom stereocenters. The van der Waals surface area contributed by atoms with E-state index in [1.807, 2.05) is 6.20 Å². The molecule has 0 spiro atoms. The molecule has 15 heavy (non-hydrogen) atoms. The van der Waals surface area contributed by atoms with Crippen LogP contribution in [0.15, 0.2) is 27.6 Å². The zero-order chi connectivity index (χ0) is 10.7. The quantitative estimate of drug-likeness (QED) is 0.828. The predicted octanol–water partition coefficient (Wildman–Crippen LogP) is 1.75. The Morgan fingerprint density at radius 2 is 2.27 bits per heavy atom. The summed E-state index contributed by atoms with van der Waals surface area (Å²) in [6.07, 6.45) is 5.49. The van der Waals surface area contributed by atoms with Gasteiger partial charge in [-0.25, -0.2) is 0 Å². The molecular weight excluding hydrogens is 256 g/mol. The van der Waals surface area contributed by atoms with E-state index >= 15 is 0 Å². The molecule has 3 nitrogen and oxygen atoms in total. The summed E-state index contributed by atoms with van der Waals surface area (Å²) in [5.41, 5.74) is 0.0737. The Balaban J connectivity index is 1.81. The monoisotopic (exact) mass is 270 g/mol. The van der Waals surface area contributed by atoms with Crippen LogP contribution < -0.4 is 10.9 Å². The Morgan fingerprint density at radius 1 is 1.47 bits per heavy atom. The number of rotatable bonds is 5. The molecule has 1 aliphatic rings. The minimum atomic E-state index is 0.0737. The van der Waals surface area contributed by atoms with Gasteiger partial charge in [-0.05, 0) is 47.8 Å². The Hall–Kier alpha value is -0.610. The summed E-state index contributed by atoms with van der Waals surface area (Å²) in [4.78, 5) is 11.4. The first-order valence-electron chi connectivity index (χ1n) is 5.35. The molecule has 0 aromatic carbocycles. The van der Waals surface area contributed by atoms with Crippen molar-refractivity contribution in [1.29, 1.82) is 0 Å². The van der Waals surface area contributed by atoms with Crippen LogP contribution in [-0.4, -0.2) is 17.2 Å². The maximum atomic E-state index is 11.4. The van der Waals surface area contributed by atoms with Gasteiger partial charge in [0, 0.05) is 29.3 Å². The summed E-state index contributed by atoms with van der Waals surface area (Å²) in [5, 5.41) is 3.43. The molecule has 0 radical (unpaired) electrons. The van der Waals surface area contributed by atoms with Crippen LogP contribution in [-0.2, 0) is 6.54 Å². The molecule has 1 aromatic rings. The van der Waals surface area contributed by atoms with Crippen LogP contribution >= 0.6 is 15.9 Å². The number of halogens is 1. The van der Waals surface area contributed by atoms with Crippen molar-refractivity contribution in [3.8, 4) is 0 Å². The Labute approximate surface area is 97.6 Å². The molecule has 1 saturated carbocycles. The van der Waals surface area contributed by atoms with Crippen molar-refractivity contribution in [1.82, 2.24) is 9.88 Å². The van der Waals surface area contributed by atoms with Crippen LogP contribution in [0, 0.1) is 0 Å². The number of hydrogen-bond donors (Lipinski definition) is 1. The fourth-order valence-electron chi connectivity index (χ4n) is 1.52. The van der Waals surface area contributed by atoms with Crippen LogP contribution in [0.2, 0.25) is 0 Å². The SMILES string of the molecule is O=c1ccc(Br)cn1CCCNC1CC1. The van der Waals surface area contributed by atoms with Gasteiger partial charge in [-0.15, -0.1) is 0 Å². The number of nitrogens with zero attached hydrogens (tertiary/aromatic N) is 1. The minimum Gasteiger partial charge on any atom is -0.314 e. The molecule has 0 aliphatic heterocycles. The first-order valence-corrected chi connectivity index (χ1v) is 6.14. The third kappa shape index (κ3) is 3.47. The fourth-order valence-corrected chi connectivity index (χ4v) is 1.90. The van der Waals surface area contributed by atoms with Gasteiger partial charge in [-0.3, -0.25) is 4.79 Å². The largest absolute Gasteiger partial charge is 0.314 e. The molecule has 0 bridgehead atoms. The van der Waals surface area contributed by atoms with Crippen LogP contribution in [0.4, 0.5) is 0 Å². The van der Waals surface area contributed by atoms with Gasteiger partial charge in [-0.2, -0.15) is 0 Å². The van der Waals surface area contributed by atoms with E-state index in [2.05, 4.69) is 21.2 Å². The average molecular weight is 271 g/mol. The smallest absolute Gasteiger partial charge is 0.250 e. The summed E-state index contributed by atoms with van der Waals surface area (Å²) >= 11 is 3.36. The zero-order valence-corrected chi connectivity index (χ0v) is 10.2. The zero-order valence-electron chi connectivity index (χ0n) is 8.58. The second-order valence-corrected chi connectivity index (χ2v) is 4.88. The number of nitrogens with one attached hydrogen (secondary N) is 1. The van der Waals surface area contributed by atoms with E-state index in [1.165, 1.54) is 12.8 Å². The van der Waals surface area contributed by atoms with Gasteiger partial charge >= 0.3 is 0 Å². The first-order chi connectivity index (χ1) is 7.25. The highest BCUT2D eigenvalue weighted by atomic mass is 79.9. The molecule has 1 heterocycles. The van der Waals surface area contributed by atoms with Gasteiger partial charge in [0.1, 0.15) is 0 Å². The summed E-state index contributed by atoms with van der Waals surface area (Å²) in [7, 11) is 0. The third-order valence-corrected chi connectivity index (χ3v) is 3.00. The van der Waals surface area contributed by atoms with Gasteiger partial charge in [0.25, 0.3) is 5.56 Å². The normalized spacial score (nSPS) is 15.5. The number of aromatic nitrogens is 1. The van der Waals surface area contributed by atoms with Crippen LogP contribution in [0.5, 0.6) is 0 Å². The lowest BCUT2D eigenvalue weighted by Gasteiger charge is -2.06. The Bertz CT molecular complexity index is 384. The van der Waals surface area contributed by atoms with Crippen molar-refractivity contribution < 1.29 is 0 Å². The lowest BCUT2D eigenvalue weighted by molar-refractivity contribution is 0.568. The lowest BCUT2D eigenvalue weighted by Crippen LogP contribution is -2.23. The molecule has 2 rings (SSSR count). The van der Waals surface area contributed by atoms with Crippen molar-refractivity contribution in [3.63, 3.8) is 0 Å². The highest BCUT2D eigenvalue weighted by Gasteiger charge is 2.19. The van der Waals surface area contributed by atoms with E-state index in [0.717, 1.165) is 30.0 Å². The summed E-state index contributed by atoms with van der Waals surface area (Å²) in [5.74, 6) is 0. The highest BCUT2D eigenvalue weighted by Crippen LogP contribution is 2.18. The van der Waals surface area contributed by atoms with Crippen LogP contribution in [0.1, 0.15) is 19.3 Å². The van der Waals surface area contributed by atoms with E-state index in [0.29, 0.717) is 0 Å². The second kappa shape index (κ2) is 4.94. The van der Waals surface area contributed by atoms with E-state index in [9.17, 15) is 4.79 Å². The molecule has 0 atom stereocenters. The molecule has 0 saturated heterocycles. The molecule has 0 amide bonds. The van der Waals surface area contributed by atoms with Crippen molar-refractivity contribution in [3.05, 3.63) is 33.2 Å². The Kier molecular flexibility index (Phi) is 3.59. The average Bonchev–Trinajstić information content (AvgIpc) is 3.01. The minimum absolute atomic E-state index is 0.0737. The Morgan fingerprint density at radius 3 is 3.00 bits per heavy atom. The van der Waals surface area contributed by atoms with Gasteiger partial charge in [-0.1, -0.05) is 0 Å². The third-order valence-electron chi connectivity index (χ3n) is 2.53. The molecule has 1 aromatic heterocycles. The van der Waals surface area contributed by atoms with E-state index in [-0.39, 0.29) is 5.56 Å². The molecule has 1 N–H and O–H groups in total. The molecule has 1 aliphatic carbocycles. The van der Waals surface area contributed by atoms with Crippen molar-refractivity contribution in [2.75, 3.05) is 6.54 Å². The fraction of sp³-hybridized carbons (Fsp3) is 0.545. The highest BCUT2D eigenvalue weighted by molar-refractivity contribution is 9.10. The van der Waals surface area contributed by atoms with E-state index in [1.54, 1.807) is 16.7 Å². The summed E-state index contributed by atoms with van der Waals surface area (Å²) in [6.45, 7) is 1.79. The number of hydrogen-bond acceptors (Lipinski definition) is 2. The standard InChI is InChI=1S/C11H15BrN2O/c12-9-2-5-11(15)14(8-9)7-1-6-13-10-3-4-10/h2,5,8,10,13H,1,3-4,6-7H2. The summed E-state index contributed by atoms with van der Waals surface area (Å²) < 4.78 is 2.70. The van der Waals surface area contributed by atoms with Crippen LogP contribution in [0.3, 0.4) is 0 Å². The molecule has 4 heteroatoms. The molecule has 1 fully saturated rings. The van der Waals surface area contributed by atoms with Crippen molar-refractivity contribution >= 4 is 15.9 Å². The number of aryl methyl sites for hydroxylation is 1. The van der Waals surface area contributed by atoms with Gasteiger partial charge in [0.15, 0.2) is 0 Å².